The number of esters is 3. The molecule has 0 radical (unpaired) electrons. The van der Waals surface area contributed by atoms with Gasteiger partial charge in [0, 0.05) is 31.7 Å². The molecule has 21 heteroatoms. The van der Waals surface area contributed by atoms with Crippen molar-refractivity contribution in [2.45, 2.75) is 140 Å². The molecule has 2 saturated carbocycles. The molecule has 3 aliphatic carbocycles. The number of carbonyl (C=O) groups excluding carboxylic acids is 8. The highest BCUT2D eigenvalue weighted by Crippen LogP contribution is 2.64. The molecule has 1 aromatic carbocycles. The van der Waals surface area contributed by atoms with Gasteiger partial charge in [-0.2, -0.15) is 0 Å². The van der Waals surface area contributed by atoms with E-state index in [9.17, 15) is 54.0 Å². The minimum Gasteiger partial charge on any atom is -0.457 e. The van der Waals surface area contributed by atoms with Crippen LogP contribution in [0.1, 0.15) is 85.8 Å². The number of nitrogens with zero attached hydrogens (tertiary/aromatic N) is 1. The first-order valence-corrected chi connectivity index (χ1v) is 22.6. The number of ether oxygens (including phenoxy) is 4. The Hall–Kier alpha value is -5.48. The van der Waals surface area contributed by atoms with E-state index in [1.54, 1.807) is 32.0 Å². The van der Waals surface area contributed by atoms with Gasteiger partial charge in [-0.25, -0.2) is 9.59 Å². The zero-order valence-electron chi connectivity index (χ0n) is 38.5. The number of nitrogens with one attached hydrogen (secondary N) is 4. The molecule has 3 saturated heterocycles. The Kier molecular flexibility index (Phi) is 13.4. The quantitative estimate of drug-likeness (QED) is 0.102. The summed E-state index contributed by atoms with van der Waals surface area (Å²) in [5, 5.41) is 59.6. The summed E-state index contributed by atoms with van der Waals surface area (Å²) in [5.41, 5.74) is -8.08. The number of carbonyl (C=O) groups is 8. The summed E-state index contributed by atoms with van der Waals surface area (Å²) in [6.45, 7) is 8.41. The highest BCUT2D eigenvalue weighted by Gasteiger charge is 2.78. The Morgan fingerprint density at radius 1 is 0.940 bits per heavy atom. The lowest BCUT2D eigenvalue weighted by Gasteiger charge is -2.67. The minimum atomic E-state index is -2.50. The highest BCUT2D eigenvalue weighted by atomic mass is 16.6. The third kappa shape index (κ3) is 8.35. The van der Waals surface area contributed by atoms with Crippen LogP contribution in [0.15, 0.2) is 41.5 Å². The smallest absolute Gasteiger partial charge is 0.338 e. The molecule has 21 nitrogen and oxygen atoms in total. The SMILES string of the molecule is CC(=O)O[C@@]12COC1C[C@H](O)[C@@]1(C)C(=O)[C@H](O)C3=C(C)[C@@H]4C[C@@](O)([C@@H](OC(=O)CNC(=O)CNC(=O)[C@@H]5CCCN5C(=O)[C@H](C(C)C)NC(=O)N[C@@H](c5ccccc5)[C@@H](O)C(=O)O4)C21)C3(C)C. The van der Waals surface area contributed by atoms with Gasteiger partial charge in [0.25, 0.3) is 0 Å². The Morgan fingerprint density at radius 2 is 1.63 bits per heavy atom. The van der Waals surface area contributed by atoms with E-state index in [-0.39, 0.29) is 42.7 Å². The topological polar surface area (TPSA) is 306 Å². The Bertz CT molecular complexity index is 2240. The molecule has 8 N–H and O–H groups in total. The summed E-state index contributed by atoms with van der Waals surface area (Å²) in [7, 11) is 0. The van der Waals surface area contributed by atoms with E-state index in [2.05, 4.69) is 21.3 Å². The molecular weight excluding hydrogens is 879 g/mol. The number of amides is 5. The second kappa shape index (κ2) is 18.2. The second-order valence-corrected chi connectivity index (χ2v) is 19.7. The van der Waals surface area contributed by atoms with Crippen LogP contribution in [-0.4, -0.2) is 159 Å². The van der Waals surface area contributed by atoms with E-state index in [0.717, 1.165) is 6.92 Å². The van der Waals surface area contributed by atoms with Gasteiger partial charge in [-0.1, -0.05) is 58.0 Å². The fraction of sp³-hybridized carbons (Fsp3) is 0.652. The first-order valence-electron chi connectivity index (χ1n) is 22.6. The maximum atomic E-state index is 15.0. The van der Waals surface area contributed by atoms with Gasteiger partial charge in [0.15, 0.2) is 17.5 Å². The largest absolute Gasteiger partial charge is 0.457 e. The molecule has 5 amide bonds. The fourth-order valence-corrected chi connectivity index (χ4v) is 11.4. The standard InChI is InChI=1S/C46H61N5O16/c1-21(2)32-40(60)51-15-11-14-25(51)39(59)48-18-29(54)47-19-30(55)66-38-36-44(7,27(53)16-28-45(36,20-64-28)67-23(4)52)37(58)34(56)31-22(3)26(17-46(38,63)43(31,5)6)65-41(61)35(57)33(50-42(62)49-32)24-12-9-8-10-13-24/h8-10,12-13,21,25-28,32-36,38,53,56-57,63H,11,14-20H2,1-7H3,(H,47,54)(H,48,59)(H2,49,50,62)/t25-,26-,27-,28?,32-,33-,34+,35+,36?,38-,44+,45-,46+/m0/s1. The van der Waals surface area contributed by atoms with E-state index >= 15 is 4.79 Å². The maximum Gasteiger partial charge on any atom is 0.338 e. The maximum absolute atomic E-state index is 15.0. The van der Waals surface area contributed by atoms with Crippen molar-refractivity contribution in [3.8, 4) is 0 Å². The van der Waals surface area contributed by atoms with Crippen molar-refractivity contribution in [3.05, 3.63) is 47.0 Å². The van der Waals surface area contributed by atoms with Crippen LogP contribution in [0.25, 0.3) is 0 Å². The van der Waals surface area contributed by atoms with Crippen LogP contribution in [0.4, 0.5) is 4.79 Å². The van der Waals surface area contributed by atoms with Gasteiger partial charge in [-0.3, -0.25) is 28.8 Å². The summed E-state index contributed by atoms with van der Waals surface area (Å²) in [4.78, 5) is 112. The van der Waals surface area contributed by atoms with Crippen molar-refractivity contribution < 1.29 is 77.7 Å². The monoisotopic (exact) mass is 939 g/mol. The molecule has 7 rings (SSSR count). The van der Waals surface area contributed by atoms with Gasteiger partial charge in [0.1, 0.15) is 48.6 Å². The average Bonchev–Trinajstić information content (AvgIpc) is 3.77. The van der Waals surface area contributed by atoms with Crippen molar-refractivity contribution in [1.29, 1.82) is 0 Å². The molecule has 67 heavy (non-hydrogen) atoms. The molecule has 3 aliphatic heterocycles. The van der Waals surface area contributed by atoms with E-state index < -0.39 is 156 Å². The lowest BCUT2D eigenvalue weighted by atomic mass is 9.44. The van der Waals surface area contributed by atoms with Gasteiger partial charge in [-0.05, 0) is 49.3 Å². The van der Waals surface area contributed by atoms with E-state index in [4.69, 9.17) is 18.9 Å². The molecular formula is C46H61N5O16. The first kappa shape index (κ1) is 49.4. The summed E-state index contributed by atoms with van der Waals surface area (Å²) < 4.78 is 24.0. The predicted molar refractivity (Wildman–Crippen MR) is 230 cm³/mol. The summed E-state index contributed by atoms with van der Waals surface area (Å²) in [6, 6.07) is 3.17. The van der Waals surface area contributed by atoms with Crippen LogP contribution < -0.4 is 21.3 Å². The molecule has 3 bridgehead atoms. The fourth-order valence-electron chi connectivity index (χ4n) is 11.4. The number of benzene rings is 1. The van der Waals surface area contributed by atoms with Crippen LogP contribution in [0.3, 0.4) is 0 Å². The Morgan fingerprint density at radius 3 is 2.25 bits per heavy atom. The van der Waals surface area contributed by atoms with Gasteiger partial charge in [-0.15, -0.1) is 0 Å². The number of Topliss-reactive ketones (excluding diaryl/α,β-unsaturated/α-hetero) is 1. The summed E-state index contributed by atoms with van der Waals surface area (Å²) in [5.74, 6) is -8.68. The molecule has 0 spiro atoms. The first-order chi connectivity index (χ1) is 31.4. The Labute approximate surface area is 386 Å². The number of urea groups is 1. The van der Waals surface area contributed by atoms with Crippen LogP contribution in [0.2, 0.25) is 0 Å². The van der Waals surface area contributed by atoms with Gasteiger partial charge in [0.05, 0.1) is 36.6 Å². The van der Waals surface area contributed by atoms with Gasteiger partial charge >= 0.3 is 23.9 Å². The summed E-state index contributed by atoms with van der Waals surface area (Å²) in [6.07, 6.45) is -10.8. The molecule has 5 fully saturated rings. The van der Waals surface area contributed by atoms with Gasteiger partial charge in [0.2, 0.25) is 17.7 Å². The van der Waals surface area contributed by atoms with E-state index in [1.165, 1.54) is 44.7 Å². The molecule has 6 aliphatic rings. The van der Waals surface area contributed by atoms with Crippen molar-refractivity contribution in [3.63, 3.8) is 0 Å². The van der Waals surface area contributed by atoms with Crippen LogP contribution >= 0.6 is 0 Å². The third-order valence-electron chi connectivity index (χ3n) is 15.1. The molecule has 3 heterocycles. The summed E-state index contributed by atoms with van der Waals surface area (Å²) >= 11 is 0. The predicted octanol–water partition coefficient (Wildman–Crippen LogP) is -1.02. The highest BCUT2D eigenvalue weighted by molar-refractivity contribution is 5.95. The number of aliphatic hydroxyl groups excluding tert-OH is 3. The van der Waals surface area contributed by atoms with Crippen molar-refractivity contribution >= 4 is 47.4 Å². The van der Waals surface area contributed by atoms with Crippen LogP contribution in [-0.2, 0) is 52.5 Å². The number of ketones is 1. The normalized spacial score (nSPS) is 38.6. The third-order valence-corrected chi connectivity index (χ3v) is 15.1. The number of hydrogen-bond donors (Lipinski definition) is 8. The number of rotatable bonds is 3. The lowest BCUT2D eigenvalue weighted by Crippen LogP contribution is -2.81. The molecule has 1 aromatic rings. The zero-order chi connectivity index (χ0) is 49.1. The minimum absolute atomic E-state index is 0.0772. The molecule has 0 aromatic heterocycles. The number of fused-ring (bicyclic) bond motifs is 7. The van der Waals surface area contributed by atoms with Gasteiger partial charge < -0.3 is 65.5 Å². The molecule has 366 valence electrons. The van der Waals surface area contributed by atoms with E-state index in [1.807, 2.05) is 0 Å². The van der Waals surface area contributed by atoms with Crippen molar-refractivity contribution in [2.75, 3.05) is 26.2 Å². The molecule has 2 unspecified atom stereocenters. The lowest BCUT2D eigenvalue weighted by molar-refractivity contribution is -0.347. The zero-order valence-corrected chi connectivity index (χ0v) is 38.5. The number of hydrogen-bond acceptors (Lipinski definition) is 16. The van der Waals surface area contributed by atoms with Crippen LogP contribution in [0.5, 0.6) is 0 Å². The second-order valence-electron chi connectivity index (χ2n) is 19.7. The van der Waals surface area contributed by atoms with Crippen molar-refractivity contribution in [1.82, 2.24) is 26.2 Å². The molecule has 13 atom stereocenters. The van der Waals surface area contributed by atoms with Crippen LogP contribution in [0, 0.1) is 22.7 Å². The average molecular weight is 940 g/mol. The van der Waals surface area contributed by atoms with E-state index in [0.29, 0.717) is 6.42 Å². The number of aliphatic hydroxyl groups is 4. The Balaban J connectivity index is 1.36. The van der Waals surface area contributed by atoms with Crippen molar-refractivity contribution in [2.24, 2.45) is 22.7 Å².